The Labute approximate surface area is 215 Å². The first-order chi connectivity index (χ1) is 16.9. The van der Waals surface area contributed by atoms with Crippen LogP contribution in [0.15, 0.2) is 42.5 Å². The maximum atomic E-state index is 13.5. The van der Waals surface area contributed by atoms with Crippen LogP contribution in [0, 0.1) is 5.82 Å². The Morgan fingerprint density at radius 3 is 2.60 bits per heavy atom. The summed E-state index contributed by atoms with van der Waals surface area (Å²) in [5.74, 6) is 0.134. The molecule has 0 radical (unpaired) electrons. The number of nitrogens with zero attached hydrogens (tertiary/aromatic N) is 2. The van der Waals surface area contributed by atoms with Gasteiger partial charge < -0.3 is 5.32 Å². The molecule has 0 saturated heterocycles. The van der Waals surface area contributed by atoms with E-state index >= 15 is 0 Å². The number of amides is 1. The molecule has 1 atom stereocenters. The van der Waals surface area contributed by atoms with Crippen molar-refractivity contribution in [1.82, 2.24) is 15.1 Å². The fourth-order valence-corrected chi connectivity index (χ4v) is 6.38. The Hall–Kier alpha value is -2.48. The van der Waals surface area contributed by atoms with Crippen molar-refractivity contribution in [3.63, 3.8) is 0 Å². The summed E-state index contributed by atoms with van der Waals surface area (Å²) in [5.41, 5.74) is 3.84. The van der Waals surface area contributed by atoms with Gasteiger partial charge in [-0.3, -0.25) is 9.00 Å². The van der Waals surface area contributed by atoms with Crippen molar-refractivity contribution >= 4 is 51.6 Å². The number of fused-ring (bicyclic) bond motifs is 1. The number of hydrogen-bond donors (Lipinski definition) is 1. The van der Waals surface area contributed by atoms with E-state index in [0.717, 1.165) is 42.4 Å². The van der Waals surface area contributed by atoms with E-state index in [-0.39, 0.29) is 23.5 Å². The van der Waals surface area contributed by atoms with E-state index in [9.17, 15) is 13.4 Å². The van der Waals surface area contributed by atoms with Gasteiger partial charge in [-0.1, -0.05) is 48.2 Å². The van der Waals surface area contributed by atoms with Crippen LogP contribution in [0.3, 0.4) is 0 Å². The SMILES string of the molecule is O=C(NC1CCCC1)c1nn(-c2ccc(Cl)cc2Cl)c2c1CCS(=O)C/C2=C\c1ccc(F)cc1. The number of benzene rings is 2. The van der Waals surface area contributed by atoms with Crippen LogP contribution in [0.2, 0.25) is 10.0 Å². The van der Waals surface area contributed by atoms with Gasteiger partial charge in [0.15, 0.2) is 5.69 Å². The molecule has 1 fully saturated rings. The highest BCUT2D eigenvalue weighted by molar-refractivity contribution is 7.85. The summed E-state index contributed by atoms with van der Waals surface area (Å²) in [6.07, 6.45) is 6.43. The Morgan fingerprint density at radius 1 is 1.14 bits per heavy atom. The molecule has 5 nitrogen and oxygen atoms in total. The Kier molecular flexibility index (Phi) is 7.09. The second kappa shape index (κ2) is 10.2. The quantitative estimate of drug-likeness (QED) is 0.460. The minimum atomic E-state index is -1.14. The molecule has 1 N–H and O–H groups in total. The normalized spacial score (nSPS) is 19.5. The largest absolute Gasteiger partial charge is 0.348 e. The zero-order chi connectivity index (χ0) is 24.5. The molecule has 1 aliphatic heterocycles. The standard InChI is InChI=1S/C26H24Cl2FN3O2S/c27-18-7-10-23(22(28)14-18)32-25-17(13-16-5-8-19(29)9-6-16)15-35(34)12-11-21(25)24(31-32)26(33)30-20-3-1-2-4-20/h5-10,13-14,20H,1-4,11-12,15H2,(H,30,33)/b17-13+. The van der Waals surface area contributed by atoms with Crippen molar-refractivity contribution in [1.29, 1.82) is 0 Å². The highest BCUT2D eigenvalue weighted by Gasteiger charge is 2.31. The zero-order valence-corrected chi connectivity index (χ0v) is 21.2. The highest BCUT2D eigenvalue weighted by Crippen LogP contribution is 2.34. The molecule has 2 aliphatic rings. The molecule has 182 valence electrons. The summed E-state index contributed by atoms with van der Waals surface area (Å²) >= 11 is 12.7. The van der Waals surface area contributed by atoms with Crippen LogP contribution in [-0.4, -0.2) is 37.4 Å². The molecule has 5 rings (SSSR count). The van der Waals surface area contributed by atoms with Crippen LogP contribution in [0.25, 0.3) is 17.3 Å². The zero-order valence-electron chi connectivity index (χ0n) is 18.9. The molecular formula is C26H24Cl2FN3O2S. The van der Waals surface area contributed by atoms with Crippen molar-refractivity contribution in [3.8, 4) is 5.69 Å². The van der Waals surface area contributed by atoms with Gasteiger partial charge in [-0.2, -0.15) is 5.10 Å². The third-order valence-electron chi connectivity index (χ3n) is 6.44. The van der Waals surface area contributed by atoms with Crippen LogP contribution in [-0.2, 0) is 17.2 Å². The molecule has 2 heterocycles. The molecule has 1 saturated carbocycles. The van der Waals surface area contributed by atoms with Gasteiger partial charge in [0, 0.05) is 33.2 Å². The van der Waals surface area contributed by atoms with E-state index in [2.05, 4.69) is 5.32 Å². The summed E-state index contributed by atoms with van der Waals surface area (Å²) in [6.45, 7) is 0. The maximum Gasteiger partial charge on any atom is 0.272 e. The van der Waals surface area contributed by atoms with Gasteiger partial charge in [0.25, 0.3) is 5.91 Å². The average molecular weight is 532 g/mol. The minimum absolute atomic E-state index is 0.136. The Morgan fingerprint density at radius 2 is 1.89 bits per heavy atom. The second-order valence-electron chi connectivity index (χ2n) is 8.90. The van der Waals surface area contributed by atoms with E-state index in [0.29, 0.717) is 39.3 Å². The third kappa shape index (κ3) is 5.22. The second-order valence-corrected chi connectivity index (χ2v) is 11.3. The predicted molar refractivity (Wildman–Crippen MR) is 139 cm³/mol. The lowest BCUT2D eigenvalue weighted by molar-refractivity contribution is 0.0931. The number of halogens is 3. The number of carbonyl (C=O) groups excluding carboxylic acids is 1. The van der Waals surface area contributed by atoms with Gasteiger partial charge >= 0.3 is 0 Å². The molecule has 1 unspecified atom stereocenters. The van der Waals surface area contributed by atoms with Crippen LogP contribution < -0.4 is 5.32 Å². The number of rotatable bonds is 4. The van der Waals surface area contributed by atoms with E-state index in [1.807, 2.05) is 6.08 Å². The first kappa shape index (κ1) is 24.2. The fraction of sp³-hybridized carbons (Fsp3) is 0.308. The summed E-state index contributed by atoms with van der Waals surface area (Å²) in [5, 5.41) is 8.75. The van der Waals surface area contributed by atoms with Gasteiger partial charge in [-0.05, 0) is 66.8 Å². The third-order valence-corrected chi connectivity index (χ3v) is 8.27. The Balaban J connectivity index is 1.69. The number of aromatic nitrogens is 2. The molecular weight excluding hydrogens is 508 g/mol. The average Bonchev–Trinajstić information content (AvgIpc) is 3.43. The summed E-state index contributed by atoms with van der Waals surface area (Å²) in [4.78, 5) is 13.4. The molecule has 3 aromatic rings. The highest BCUT2D eigenvalue weighted by atomic mass is 35.5. The van der Waals surface area contributed by atoms with Crippen molar-refractivity contribution in [2.45, 2.75) is 38.1 Å². The van der Waals surface area contributed by atoms with Crippen molar-refractivity contribution in [2.24, 2.45) is 0 Å². The first-order valence-electron chi connectivity index (χ1n) is 11.6. The predicted octanol–water partition coefficient (Wildman–Crippen LogP) is 5.84. The summed E-state index contributed by atoms with van der Waals surface area (Å²) < 4.78 is 28.0. The van der Waals surface area contributed by atoms with E-state index in [4.69, 9.17) is 28.3 Å². The summed E-state index contributed by atoms with van der Waals surface area (Å²) in [7, 11) is -1.14. The van der Waals surface area contributed by atoms with Crippen molar-refractivity contribution in [2.75, 3.05) is 11.5 Å². The first-order valence-corrected chi connectivity index (χ1v) is 13.8. The molecule has 1 aromatic heterocycles. The van der Waals surface area contributed by atoms with Gasteiger partial charge in [-0.25, -0.2) is 9.07 Å². The van der Waals surface area contributed by atoms with Gasteiger partial charge in [0.1, 0.15) is 5.82 Å². The van der Waals surface area contributed by atoms with E-state index in [1.54, 1.807) is 35.0 Å². The fourth-order valence-electron chi connectivity index (χ4n) is 4.75. The molecule has 9 heteroatoms. The molecule has 0 bridgehead atoms. The van der Waals surface area contributed by atoms with E-state index < -0.39 is 10.8 Å². The molecule has 35 heavy (non-hydrogen) atoms. The van der Waals surface area contributed by atoms with Crippen molar-refractivity contribution in [3.05, 3.63) is 80.8 Å². The summed E-state index contributed by atoms with van der Waals surface area (Å²) in [6, 6.07) is 11.3. The van der Waals surface area contributed by atoms with Crippen LogP contribution in [0.1, 0.15) is 53.0 Å². The lowest BCUT2D eigenvalue weighted by Gasteiger charge is -2.12. The molecule has 1 amide bonds. The van der Waals surface area contributed by atoms with Gasteiger partial charge in [-0.15, -0.1) is 0 Å². The van der Waals surface area contributed by atoms with Gasteiger partial charge in [0.2, 0.25) is 0 Å². The number of nitrogens with one attached hydrogen (secondary N) is 1. The molecule has 1 aliphatic carbocycles. The lowest BCUT2D eigenvalue weighted by Crippen LogP contribution is -2.33. The van der Waals surface area contributed by atoms with Gasteiger partial charge in [0.05, 0.1) is 22.2 Å². The molecule has 0 spiro atoms. The van der Waals surface area contributed by atoms with Crippen LogP contribution >= 0.6 is 23.2 Å². The van der Waals surface area contributed by atoms with Crippen molar-refractivity contribution < 1.29 is 13.4 Å². The van der Waals surface area contributed by atoms with Crippen LogP contribution in [0.4, 0.5) is 4.39 Å². The topological polar surface area (TPSA) is 64.0 Å². The monoisotopic (exact) mass is 531 g/mol. The smallest absolute Gasteiger partial charge is 0.272 e. The van der Waals surface area contributed by atoms with Crippen LogP contribution in [0.5, 0.6) is 0 Å². The number of hydrogen-bond acceptors (Lipinski definition) is 3. The molecule has 2 aromatic carbocycles. The lowest BCUT2D eigenvalue weighted by atomic mass is 10.0. The minimum Gasteiger partial charge on any atom is -0.348 e. The maximum absolute atomic E-state index is 13.5. The number of carbonyl (C=O) groups is 1. The Bertz CT molecular complexity index is 1330. The van der Waals surface area contributed by atoms with E-state index in [1.165, 1.54) is 12.1 Å².